The molecule has 1 aromatic heterocycles. The van der Waals surface area contributed by atoms with Crippen LogP contribution in [0.25, 0.3) is 0 Å². The third-order valence-electron chi connectivity index (χ3n) is 5.06. The Balaban J connectivity index is 0.00000341. The second-order valence-electron chi connectivity index (χ2n) is 7.18. The van der Waals surface area contributed by atoms with Crippen molar-refractivity contribution in [2.75, 3.05) is 33.2 Å². The smallest absolute Gasteiger partial charge is 0.354 e. The van der Waals surface area contributed by atoms with Crippen LogP contribution in [0.4, 0.5) is 13.2 Å². The third-order valence-corrected chi connectivity index (χ3v) is 5.06. The molecule has 170 valence electrons. The van der Waals surface area contributed by atoms with Crippen molar-refractivity contribution in [2.45, 2.75) is 18.5 Å². The van der Waals surface area contributed by atoms with E-state index in [1.807, 2.05) is 19.4 Å². The van der Waals surface area contributed by atoms with Gasteiger partial charge in [0.2, 0.25) is 0 Å². The van der Waals surface area contributed by atoms with E-state index in [0.29, 0.717) is 19.0 Å². The van der Waals surface area contributed by atoms with Crippen molar-refractivity contribution in [3.05, 3.63) is 53.3 Å². The lowest BCUT2D eigenvalue weighted by molar-refractivity contribution is -0.137. The molecule has 0 saturated carbocycles. The van der Waals surface area contributed by atoms with Gasteiger partial charge in [0, 0.05) is 58.0 Å². The van der Waals surface area contributed by atoms with Crippen LogP contribution in [0.5, 0.6) is 0 Å². The van der Waals surface area contributed by atoms with Crippen LogP contribution in [0.2, 0.25) is 0 Å². The molecule has 11 heteroatoms. The number of nitrogens with one attached hydrogen (secondary N) is 2. The van der Waals surface area contributed by atoms with E-state index in [0.717, 1.165) is 37.6 Å². The van der Waals surface area contributed by atoms with Gasteiger partial charge in [0.25, 0.3) is 5.91 Å². The first kappa shape index (κ1) is 25.0. The zero-order valence-electron chi connectivity index (χ0n) is 17.3. The fourth-order valence-electron chi connectivity index (χ4n) is 3.47. The number of halogens is 4. The van der Waals surface area contributed by atoms with Crippen LogP contribution >= 0.6 is 24.0 Å². The predicted octanol–water partition coefficient (Wildman–Crippen LogP) is 2.85. The minimum atomic E-state index is -4.42. The van der Waals surface area contributed by atoms with Crippen molar-refractivity contribution in [3.8, 4) is 0 Å². The van der Waals surface area contributed by atoms with Crippen LogP contribution in [0.1, 0.15) is 33.8 Å². The van der Waals surface area contributed by atoms with Crippen LogP contribution in [0.15, 0.2) is 41.7 Å². The molecule has 1 amide bonds. The standard InChI is InChI=1S/C20H25F3N6O.HI/c1-24-19(29-10-7-15(13-29)16-11-27-28(2)12-16)26-9-8-25-18(30)14-3-5-17(6-4-14)20(21,22)23;/h3-6,11-12,15H,7-10,13H2,1-2H3,(H,24,26)(H,25,30);1H. The molecule has 3 rings (SSSR count). The SMILES string of the molecule is CN=C(NCCNC(=O)c1ccc(C(F)(F)F)cc1)N1CCC(c2cnn(C)c2)C1.I. The number of alkyl halides is 3. The summed E-state index contributed by atoms with van der Waals surface area (Å²) >= 11 is 0. The van der Waals surface area contributed by atoms with Gasteiger partial charge in [0.1, 0.15) is 0 Å². The Kier molecular flexibility index (Phi) is 8.71. The second kappa shape index (κ2) is 10.8. The van der Waals surface area contributed by atoms with Crippen molar-refractivity contribution < 1.29 is 18.0 Å². The highest BCUT2D eigenvalue weighted by molar-refractivity contribution is 14.0. The Morgan fingerprint density at radius 3 is 2.48 bits per heavy atom. The van der Waals surface area contributed by atoms with Crippen molar-refractivity contribution in [2.24, 2.45) is 12.0 Å². The summed E-state index contributed by atoms with van der Waals surface area (Å²) in [6.07, 6.45) is 0.514. The number of carbonyl (C=O) groups excluding carboxylic acids is 1. The molecule has 2 aromatic rings. The molecule has 1 unspecified atom stereocenters. The minimum Gasteiger partial charge on any atom is -0.354 e. The Morgan fingerprint density at radius 2 is 1.90 bits per heavy atom. The fourth-order valence-corrected chi connectivity index (χ4v) is 3.47. The van der Waals surface area contributed by atoms with Crippen molar-refractivity contribution in [1.82, 2.24) is 25.3 Å². The number of aryl methyl sites for hydroxylation is 1. The lowest BCUT2D eigenvalue weighted by Crippen LogP contribution is -2.43. The summed E-state index contributed by atoms with van der Waals surface area (Å²) < 4.78 is 39.6. The van der Waals surface area contributed by atoms with E-state index in [2.05, 4.69) is 25.6 Å². The van der Waals surface area contributed by atoms with Crippen LogP contribution in [0.3, 0.4) is 0 Å². The molecule has 0 radical (unpaired) electrons. The van der Waals surface area contributed by atoms with Crippen LogP contribution in [-0.2, 0) is 13.2 Å². The molecular weight excluding hydrogens is 524 g/mol. The van der Waals surface area contributed by atoms with Gasteiger partial charge in [0.05, 0.1) is 11.8 Å². The molecule has 0 aliphatic carbocycles. The Morgan fingerprint density at radius 1 is 1.23 bits per heavy atom. The first-order valence-corrected chi connectivity index (χ1v) is 9.67. The van der Waals surface area contributed by atoms with E-state index in [4.69, 9.17) is 0 Å². The fraction of sp³-hybridized carbons (Fsp3) is 0.450. The van der Waals surface area contributed by atoms with E-state index >= 15 is 0 Å². The third kappa shape index (κ3) is 6.58. The van der Waals surface area contributed by atoms with Gasteiger partial charge in [-0.1, -0.05) is 0 Å². The summed E-state index contributed by atoms with van der Waals surface area (Å²) in [7, 11) is 3.61. The molecule has 1 aromatic carbocycles. The molecule has 7 nitrogen and oxygen atoms in total. The molecular formula is C20H26F3IN6O. The van der Waals surface area contributed by atoms with E-state index in [9.17, 15) is 18.0 Å². The first-order valence-electron chi connectivity index (χ1n) is 9.67. The molecule has 0 spiro atoms. The van der Waals surface area contributed by atoms with Gasteiger partial charge < -0.3 is 15.5 Å². The number of aromatic nitrogens is 2. The van der Waals surface area contributed by atoms with Crippen LogP contribution < -0.4 is 10.6 Å². The lowest BCUT2D eigenvalue weighted by Gasteiger charge is -2.21. The monoisotopic (exact) mass is 550 g/mol. The normalized spacial score (nSPS) is 16.7. The van der Waals surface area contributed by atoms with Gasteiger partial charge in [0.15, 0.2) is 5.96 Å². The van der Waals surface area contributed by atoms with Gasteiger partial charge in [-0.15, -0.1) is 24.0 Å². The average Bonchev–Trinajstić information content (AvgIpc) is 3.36. The maximum absolute atomic E-state index is 12.6. The minimum absolute atomic E-state index is 0. The molecule has 2 N–H and O–H groups in total. The zero-order valence-corrected chi connectivity index (χ0v) is 19.6. The largest absolute Gasteiger partial charge is 0.416 e. The Bertz CT molecular complexity index is 897. The highest BCUT2D eigenvalue weighted by Crippen LogP contribution is 2.29. The van der Waals surface area contributed by atoms with Crippen LogP contribution in [0, 0.1) is 0 Å². The number of hydrogen-bond acceptors (Lipinski definition) is 3. The number of likely N-dealkylation sites (tertiary alicyclic amines) is 1. The number of amides is 1. The van der Waals surface area contributed by atoms with Gasteiger partial charge in [-0.05, 0) is 36.2 Å². The predicted molar refractivity (Wildman–Crippen MR) is 123 cm³/mol. The van der Waals surface area contributed by atoms with Crippen molar-refractivity contribution >= 4 is 35.8 Å². The summed E-state index contributed by atoms with van der Waals surface area (Å²) in [5, 5.41) is 10.1. The lowest BCUT2D eigenvalue weighted by atomic mass is 10.0. The highest BCUT2D eigenvalue weighted by atomic mass is 127. The number of guanidine groups is 1. The molecule has 1 aliphatic heterocycles. The first-order chi connectivity index (χ1) is 14.3. The number of carbonyl (C=O) groups is 1. The van der Waals surface area contributed by atoms with Gasteiger partial charge in [-0.3, -0.25) is 14.5 Å². The van der Waals surface area contributed by atoms with E-state index in [1.165, 1.54) is 17.7 Å². The van der Waals surface area contributed by atoms with E-state index < -0.39 is 17.6 Å². The van der Waals surface area contributed by atoms with Crippen molar-refractivity contribution in [3.63, 3.8) is 0 Å². The molecule has 1 saturated heterocycles. The molecule has 2 heterocycles. The maximum atomic E-state index is 12.6. The second-order valence-corrected chi connectivity index (χ2v) is 7.18. The van der Waals surface area contributed by atoms with Gasteiger partial charge in [-0.25, -0.2) is 0 Å². The van der Waals surface area contributed by atoms with E-state index in [1.54, 1.807) is 11.7 Å². The average molecular weight is 550 g/mol. The summed E-state index contributed by atoms with van der Waals surface area (Å²) in [5.41, 5.74) is 0.616. The van der Waals surface area contributed by atoms with Gasteiger partial charge in [-0.2, -0.15) is 18.3 Å². The molecule has 1 aliphatic rings. The summed E-state index contributed by atoms with van der Waals surface area (Å²) in [4.78, 5) is 18.6. The van der Waals surface area contributed by atoms with E-state index in [-0.39, 0.29) is 29.5 Å². The Hall–Kier alpha value is -2.31. The summed E-state index contributed by atoms with van der Waals surface area (Å²) in [5.74, 6) is 0.736. The van der Waals surface area contributed by atoms with Crippen molar-refractivity contribution in [1.29, 1.82) is 0 Å². The quantitative estimate of drug-likeness (QED) is 0.260. The molecule has 0 bridgehead atoms. The number of aliphatic imine (C=N–C) groups is 1. The highest BCUT2D eigenvalue weighted by Gasteiger charge is 2.30. The number of rotatable bonds is 5. The summed E-state index contributed by atoms with van der Waals surface area (Å²) in [6, 6.07) is 4.16. The maximum Gasteiger partial charge on any atom is 0.416 e. The van der Waals surface area contributed by atoms with Gasteiger partial charge >= 0.3 is 6.18 Å². The number of hydrogen-bond donors (Lipinski definition) is 2. The Labute approximate surface area is 196 Å². The van der Waals surface area contributed by atoms with Crippen LogP contribution in [-0.4, -0.2) is 59.8 Å². The molecule has 1 fully saturated rings. The zero-order chi connectivity index (χ0) is 21.7. The number of nitrogens with zero attached hydrogens (tertiary/aromatic N) is 4. The molecule has 1 atom stereocenters. The molecule has 31 heavy (non-hydrogen) atoms. The number of benzene rings is 1. The topological polar surface area (TPSA) is 74.6 Å². The summed E-state index contributed by atoms with van der Waals surface area (Å²) in [6.45, 7) is 2.48.